The lowest BCUT2D eigenvalue weighted by molar-refractivity contribution is 0.247. The van der Waals surface area contributed by atoms with Crippen molar-refractivity contribution < 1.29 is 8.78 Å². The number of benzene rings is 1. The van der Waals surface area contributed by atoms with Crippen LogP contribution in [-0.2, 0) is 0 Å². The highest BCUT2D eigenvalue weighted by Crippen LogP contribution is 2.34. The minimum atomic E-state index is -0.780. The average molecular weight is 268 g/mol. The molecule has 106 valence electrons. The molecule has 2 nitrogen and oxygen atoms in total. The number of nitrogens with one attached hydrogen (secondary N) is 2. The smallest absolute Gasteiger partial charge is 0.159 e. The predicted octanol–water partition coefficient (Wildman–Crippen LogP) is 3.00. The first-order valence-corrected chi connectivity index (χ1v) is 6.95. The molecule has 2 rings (SSSR count). The second kappa shape index (κ2) is 6.44. The zero-order chi connectivity index (χ0) is 13.8. The van der Waals surface area contributed by atoms with Crippen LogP contribution in [0.5, 0.6) is 0 Å². The average Bonchev–Trinajstić information content (AvgIpc) is 2.44. The van der Waals surface area contributed by atoms with Gasteiger partial charge in [0.1, 0.15) is 0 Å². The van der Waals surface area contributed by atoms with Crippen LogP contribution in [0.25, 0.3) is 0 Å². The summed E-state index contributed by atoms with van der Waals surface area (Å²) in [5, 5.41) is 6.57. The van der Waals surface area contributed by atoms with Gasteiger partial charge in [-0.1, -0.05) is 6.07 Å². The van der Waals surface area contributed by atoms with Crippen LogP contribution < -0.4 is 10.6 Å². The molecule has 4 heteroatoms. The van der Waals surface area contributed by atoms with E-state index in [4.69, 9.17) is 0 Å². The molecule has 0 bridgehead atoms. The molecule has 19 heavy (non-hydrogen) atoms. The van der Waals surface area contributed by atoms with Gasteiger partial charge in [0.05, 0.1) is 0 Å². The third-order valence-electron chi connectivity index (χ3n) is 4.27. The SMILES string of the molecule is CNC1CCC(C(NC)c2ccc(F)c(F)c2)CC1. The van der Waals surface area contributed by atoms with Crippen LogP contribution in [0.3, 0.4) is 0 Å². The van der Waals surface area contributed by atoms with Gasteiger partial charge in [-0.15, -0.1) is 0 Å². The zero-order valence-electron chi connectivity index (χ0n) is 11.5. The summed E-state index contributed by atoms with van der Waals surface area (Å²) in [6.45, 7) is 0. The molecule has 1 atom stereocenters. The van der Waals surface area contributed by atoms with E-state index < -0.39 is 11.6 Å². The highest BCUT2D eigenvalue weighted by atomic mass is 19.2. The van der Waals surface area contributed by atoms with E-state index in [-0.39, 0.29) is 6.04 Å². The number of hydrogen-bond acceptors (Lipinski definition) is 2. The van der Waals surface area contributed by atoms with Crippen molar-refractivity contribution in [2.75, 3.05) is 14.1 Å². The number of halogens is 2. The summed E-state index contributed by atoms with van der Waals surface area (Å²) < 4.78 is 26.3. The lowest BCUT2D eigenvalue weighted by Crippen LogP contribution is -2.34. The van der Waals surface area contributed by atoms with E-state index in [9.17, 15) is 8.78 Å². The Morgan fingerprint density at radius 1 is 1.05 bits per heavy atom. The maximum atomic E-state index is 13.3. The number of rotatable bonds is 4. The summed E-state index contributed by atoms with van der Waals surface area (Å²) in [5.41, 5.74) is 0.842. The van der Waals surface area contributed by atoms with E-state index >= 15 is 0 Å². The summed E-state index contributed by atoms with van der Waals surface area (Å²) in [7, 11) is 3.88. The highest BCUT2D eigenvalue weighted by Gasteiger charge is 2.27. The third kappa shape index (κ3) is 3.31. The van der Waals surface area contributed by atoms with Gasteiger partial charge >= 0.3 is 0 Å². The Morgan fingerprint density at radius 3 is 2.26 bits per heavy atom. The van der Waals surface area contributed by atoms with Crippen LogP contribution in [0, 0.1) is 17.6 Å². The van der Waals surface area contributed by atoms with Crippen LogP contribution in [0.2, 0.25) is 0 Å². The van der Waals surface area contributed by atoms with E-state index in [1.807, 2.05) is 14.1 Å². The highest BCUT2D eigenvalue weighted by molar-refractivity contribution is 5.22. The van der Waals surface area contributed by atoms with Gasteiger partial charge in [0.2, 0.25) is 0 Å². The number of hydrogen-bond donors (Lipinski definition) is 2. The van der Waals surface area contributed by atoms with Crippen molar-refractivity contribution in [2.45, 2.75) is 37.8 Å². The third-order valence-corrected chi connectivity index (χ3v) is 4.27. The Hall–Kier alpha value is -1.00. The summed E-state index contributed by atoms with van der Waals surface area (Å²) in [6, 6.07) is 4.92. The lowest BCUT2D eigenvalue weighted by atomic mass is 9.79. The molecule has 1 aliphatic rings. The van der Waals surface area contributed by atoms with E-state index in [1.54, 1.807) is 6.07 Å². The van der Waals surface area contributed by atoms with Crippen LogP contribution in [-0.4, -0.2) is 20.1 Å². The van der Waals surface area contributed by atoms with Gasteiger partial charge in [0.25, 0.3) is 0 Å². The monoisotopic (exact) mass is 268 g/mol. The fourth-order valence-electron chi connectivity index (χ4n) is 3.12. The summed E-state index contributed by atoms with van der Waals surface area (Å²) in [5.74, 6) is -1.06. The van der Waals surface area contributed by atoms with Gasteiger partial charge < -0.3 is 10.6 Å². The van der Waals surface area contributed by atoms with Gasteiger partial charge in [-0.05, 0) is 63.4 Å². The van der Waals surface area contributed by atoms with Crippen molar-refractivity contribution in [1.82, 2.24) is 10.6 Å². The van der Waals surface area contributed by atoms with Crippen molar-refractivity contribution in [3.8, 4) is 0 Å². The van der Waals surface area contributed by atoms with E-state index in [2.05, 4.69) is 10.6 Å². The molecule has 0 spiro atoms. The molecule has 1 aliphatic carbocycles. The van der Waals surface area contributed by atoms with Crippen molar-refractivity contribution in [1.29, 1.82) is 0 Å². The lowest BCUT2D eigenvalue weighted by Gasteiger charge is -2.34. The van der Waals surface area contributed by atoms with Crippen LogP contribution in [0.1, 0.15) is 37.3 Å². The molecule has 1 unspecified atom stereocenters. The van der Waals surface area contributed by atoms with E-state index in [0.29, 0.717) is 12.0 Å². The van der Waals surface area contributed by atoms with E-state index in [1.165, 1.54) is 12.1 Å². The van der Waals surface area contributed by atoms with Gasteiger partial charge in [0, 0.05) is 12.1 Å². The molecule has 0 heterocycles. The predicted molar refractivity (Wildman–Crippen MR) is 73.0 cm³/mol. The molecule has 1 aromatic carbocycles. The standard InChI is InChI=1S/C15H22F2N2/c1-18-12-6-3-10(4-7-12)15(19-2)11-5-8-13(16)14(17)9-11/h5,8-10,12,15,18-19H,3-4,6-7H2,1-2H3. The molecule has 0 radical (unpaired) electrons. The fraction of sp³-hybridized carbons (Fsp3) is 0.600. The van der Waals surface area contributed by atoms with Crippen molar-refractivity contribution in [2.24, 2.45) is 5.92 Å². The second-order valence-electron chi connectivity index (χ2n) is 5.34. The molecule has 0 aromatic heterocycles. The normalized spacial score (nSPS) is 25.3. The minimum Gasteiger partial charge on any atom is -0.317 e. The molecule has 0 aliphatic heterocycles. The molecule has 0 saturated heterocycles. The molecule has 1 saturated carbocycles. The molecule has 0 amide bonds. The Morgan fingerprint density at radius 2 is 1.74 bits per heavy atom. The topological polar surface area (TPSA) is 24.1 Å². The van der Waals surface area contributed by atoms with Crippen molar-refractivity contribution in [3.05, 3.63) is 35.4 Å². The molecular weight excluding hydrogens is 246 g/mol. The first-order valence-electron chi connectivity index (χ1n) is 6.95. The quantitative estimate of drug-likeness (QED) is 0.877. The first-order chi connectivity index (χ1) is 9.15. The van der Waals surface area contributed by atoms with Crippen LogP contribution in [0.15, 0.2) is 18.2 Å². The van der Waals surface area contributed by atoms with Crippen molar-refractivity contribution in [3.63, 3.8) is 0 Å². The fourth-order valence-corrected chi connectivity index (χ4v) is 3.12. The van der Waals surface area contributed by atoms with Gasteiger partial charge in [-0.3, -0.25) is 0 Å². The molecular formula is C15H22F2N2. The second-order valence-corrected chi connectivity index (χ2v) is 5.34. The van der Waals surface area contributed by atoms with Gasteiger partial charge in [0.15, 0.2) is 11.6 Å². The summed E-state index contributed by atoms with van der Waals surface area (Å²) in [6.07, 6.45) is 4.50. The Kier molecular flexibility index (Phi) is 4.88. The van der Waals surface area contributed by atoms with Crippen LogP contribution in [0.4, 0.5) is 8.78 Å². The summed E-state index contributed by atoms with van der Waals surface area (Å²) >= 11 is 0. The summed E-state index contributed by atoms with van der Waals surface area (Å²) in [4.78, 5) is 0. The first kappa shape index (κ1) is 14.4. The maximum absolute atomic E-state index is 13.3. The zero-order valence-corrected chi connectivity index (χ0v) is 11.5. The molecule has 2 N–H and O–H groups in total. The minimum absolute atomic E-state index is 0.105. The Bertz CT molecular complexity index is 415. The van der Waals surface area contributed by atoms with Crippen LogP contribution >= 0.6 is 0 Å². The van der Waals surface area contributed by atoms with Crippen molar-refractivity contribution >= 4 is 0 Å². The Labute approximate surface area is 113 Å². The van der Waals surface area contributed by atoms with E-state index in [0.717, 1.165) is 31.2 Å². The van der Waals surface area contributed by atoms with Gasteiger partial charge in [-0.2, -0.15) is 0 Å². The molecule has 1 fully saturated rings. The molecule has 1 aromatic rings. The largest absolute Gasteiger partial charge is 0.317 e. The van der Waals surface area contributed by atoms with Gasteiger partial charge in [-0.25, -0.2) is 8.78 Å². The maximum Gasteiger partial charge on any atom is 0.159 e. The Balaban J connectivity index is 2.09.